The standard InChI is InChI=1S/C32H36N2O8/c1-32(40)27-18(14-23(36)28(32)31(33)39)12-17-13-21-19(4-5-22(35)26(21)29(37)25(17)30(27)38)20-11-16(3-6-24(20)41-2)15-34-7-9-42-10-8-34/h3-6,11,17-18,27,35-37,40H,7-10,12-15H2,1-2H3,(H2,33,39). The molecule has 10 nitrogen and oxygen atoms in total. The number of amides is 1. The lowest BCUT2D eigenvalue weighted by Crippen LogP contribution is -2.55. The Bertz CT molecular complexity index is 1540. The number of ketones is 1. The van der Waals surface area contributed by atoms with Crippen molar-refractivity contribution in [2.24, 2.45) is 23.5 Å². The first-order chi connectivity index (χ1) is 20.0. The van der Waals surface area contributed by atoms with Crippen LogP contribution in [-0.2, 0) is 27.3 Å². The van der Waals surface area contributed by atoms with E-state index >= 15 is 0 Å². The topological polar surface area (TPSA) is 163 Å². The highest BCUT2D eigenvalue weighted by Crippen LogP contribution is 2.54. The van der Waals surface area contributed by atoms with Crippen LogP contribution in [0.1, 0.15) is 36.5 Å². The minimum atomic E-state index is -2.01. The normalized spacial score (nSPS) is 27.8. The van der Waals surface area contributed by atoms with Crippen LogP contribution in [0.3, 0.4) is 0 Å². The van der Waals surface area contributed by atoms with Gasteiger partial charge in [0.2, 0.25) is 0 Å². The Morgan fingerprint density at radius 1 is 1.12 bits per heavy atom. The van der Waals surface area contributed by atoms with Crippen molar-refractivity contribution in [1.82, 2.24) is 4.90 Å². The Labute approximate surface area is 243 Å². The molecule has 10 heteroatoms. The first-order valence-corrected chi connectivity index (χ1v) is 14.3. The van der Waals surface area contributed by atoms with Gasteiger partial charge in [-0.15, -0.1) is 0 Å². The van der Waals surface area contributed by atoms with Gasteiger partial charge in [-0.1, -0.05) is 12.1 Å². The zero-order valence-corrected chi connectivity index (χ0v) is 23.7. The molecular weight excluding hydrogens is 540 g/mol. The number of ether oxygens (including phenoxy) is 2. The minimum Gasteiger partial charge on any atom is -0.512 e. The molecule has 222 valence electrons. The summed E-state index contributed by atoms with van der Waals surface area (Å²) in [5, 5.41) is 44.5. The molecule has 2 aromatic rings. The number of aliphatic hydroxyl groups excluding tert-OH is 2. The molecule has 1 amide bonds. The molecule has 1 heterocycles. The lowest BCUT2D eigenvalue weighted by molar-refractivity contribution is -0.136. The third-order valence-corrected chi connectivity index (χ3v) is 9.41. The molecule has 0 bridgehead atoms. The second kappa shape index (κ2) is 10.4. The maximum Gasteiger partial charge on any atom is 0.250 e. The van der Waals surface area contributed by atoms with Gasteiger partial charge in [0.25, 0.3) is 5.91 Å². The number of fused-ring (bicyclic) bond motifs is 3. The molecule has 1 saturated carbocycles. The molecule has 0 radical (unpaired) electrons. The van der Waals surface area contributed by atoms with E-state index in [1.807, 2.05) is 12.1 Å². The van der Waals surface area contributed by atoms with Crippen molar-refractivity contribution in [2.45, 2.75) is 38.3 Å². The monoisotopic (exact) mass is 576 g/mol. The molecule has 2 fully saturated rings. The molecule has 1 aliphatic heterocycles. The molecule has 6 N–H and O–H groups in total. The number of allylic oxidation sites excluding steroid dienone is 2. The average Bonchev–Trinajstić information content (AvgIpc) is 2.92. The van der Waals surface area contributed by atoms with Gasteiger partial charge in [-0.2, -0.15) is 0 Å². The number of benzene rings is 2. The van der Waals surface area contributed by atoms with E-state index in [0.717, 1.165) is 36.3 Å². The van der Waals surface area contributed by atoms with Crippen molar-refractivity contribution in [3.8, 4) is 22.6 Å². The molecule has 4 atom stereocenters. The van der Waals surface area contributed by atoms with Gasteiger partial charge in [0.15, 0.2) is 5.78 Å². The lowest BCUT2D eigenvalue weighted by Gasteiger charge is -2.48. The predicted octanol–water partition coefficient (Wildman–Crippen LogP) is 3.00. The largest absolute Gasteiger partial charge is 0.512 e. The average molecular weight is 577 g/mol. The SMILES string of the molecule is COc1ccc(CN2CCOCC2)cc1-c1ccc(O)c2c1CC1CC3CC(O)=C(C(N)=O)C(C)(O)C3C(=O)C1=C2O. The number of rotatable bonds is 5. The Morgan fingerprint density at radius 3 is 2.55 bits per heavy atom. The molecule has 0 aromatic heterocycles. The van der Waals surface area contributed by atoms with Crippen molar-refractivity contribution in [3.63, 3.8) is 0 Å². The van der Waals surface area contributed by atoms with E-state index in [1.54, 1.807) is 13.2 Å². The first-order valence-electron chi connectivity index (χ1n) is 14.3. The molecule has 42 heavy (non-hydrogen) atoms. The Morgan fingerprint density at radius 2 is 1.86 bits per heavy atom. The summed E-state index contributed by atoms with van der Waals surface area (Å²) in [6.07, 6.45) is 0.747. The van der Waals surface area contributed by atoms with E-state index in [0.29, 0.717) is 37.4 Å². The van der Waals surface area contributed by atoms with Crippen LogP contribution in [0.4, 0.5) is 0 Å². The fraction of sp³-hybridized carbons (Fsp3) is 0.438. The van der Waals surface area contributed by atoms with Crippen molar-refractivity contribution in [1.29, 1.82) is 0 Å². The third-order valence-electron chi connectivity index (χ3n) is 9.41. The Balaban J connectivity index is 1.44. The van der Waals surface area contributed by atoms with Gasteiger partial charge in [0.05, 0.1) is 37.4 Å². The van der Waals surface area contributed by atoms with Crippen molar-refractivity contribution in [3.05, 3.63) is 63.9 Å². The number of hydrogen-bond acceptors (Lipinski definition) is 9. The summed E-state index contributed by atoms with van der Waals surface area (Å²) in [6, 6.07) is 9.30. The van der Waals surface area contributed by atoms with Crippen LogP contribution in [0.25, 0.3) is 16.9 Å². The zero-order chi connectivity index (χ0) is 29.9. The van der Waals surface area contributed by atoms with Crippen LogP contribution < -0.4 is 10.5 Å². The maximum atomic E-state index is 14.0. The van der Waals surface area contributed by atoms with Gasteiger partial charge < -0.3 is 35.6 Å². The number of hydrogen-bond donors (Lipinski definition) is 5. The number of morpholine rings is 1. The number of nitrogens with two attached hydrogens (primary N) is 1. The van der Waals surface area contributed by atoms with E-state index in [4.69, 9.17) is 15.2 Å². The van der Waals surface area contributed by atoms with Gasteiger partial charge >= 0.3 is 0 Å². The van der Waals surface area contributed by atoms with Gasteiger partial charge in [-0.05, 0) is 66.5 Å². The number of methoxy groups -OCH3 is 1. The summed E-state index contributed by atoms with van der Waals surface area (Å²) in [5.74, 6) is -3.64. The van der Waals surface area contributed by atoms with Gasteiger partial charge in [-0.25, -0.2) is 0 Å². The number of carbonyl (C=O) groups excluding carboxylic acids is 2. The van der Waals surface area contributed by atoms with Crippen LogP contribution in [0.15, 0.2) is 47.2 Å². The predicted molar refractivity (Wildman–Crippen MR) is 154 cm³/mol. The van der Waals surface area contributed by atoms with Crippen LogP contribution in [-0.4, -0.2) is 76.0 Å². The number of aromatic hydroxyl groups is 1. The Hall–Kier alpha value is -3.86. The molecule has 3 aliphatic carbocycles. The number of phenolic OH excluding ortho intramolecular Hbond substituents is 1. The fourth-order valence-electron chi connectivity index (χ4n) is 7.63. The quantitative estimate of drug-likeness (QED) is 0.360. The highest BCUT2D eigenvalue weighted by Gasteiger charge is 2.57. The number of Topliss-reactive ketones (excluding diaryl/α,β-unsaturated/α-hetero) is 1. The minimum absolute atomic E-state index is 0.0204. The molecular formula is C32H36N2O8. The molecule has 2 aromatic carbocycles. The number of aliphatic hydroxyl groups is 3. The van der Waals surface area contributed by atoms with E-state index in [9.17, 15) is 30.0 Å². The first kappa shape index (κ1) is 28.3. The lowest BCUT2D eigenvalue weighted by atomic mass is 9.57. The van der Waals surface area contributed by atoms with Gasteiger partial charge in [0, 0.05) is 37.2 Å². The highest BCUT2D eigenvalue weighted by atomic mass is 16.5. The van der Waals surface area contributed by atoms with Gasteiger partial charge in [0.1, 0.15) is 28.6 Å². The summed E-state index contributed by atoms with van der Waals surface area (Å²) in [5.41, 5.74) is 6.73. The van der Waals surface area contributed by atoms with E-state index in [1.165, 1.54) is 13.0 Å². The van der Waals surface area contributed by atoms with Crippen LogP contribution in [0, 0.1) is 17.8 Å². The molecule has 1 saturated heterocycles. The summed E-state index contributed by atoms with van der Waals surface area (Å²) >= 11 is 0. The molecule has 6 rings (SSSR count). The number of carbonyl (C=O) groups is 2. The summed E-state index contributed by atoms with van der Waals surface area (Å²) in [7, 11) is 1.60. The van der Waals surface area contributed by atoms with Crippen LogP contribution >= 0.6 is 0 Å². The fourth-order valence-corrected chi connectivity index (χ4v) is 7.63. The smallest absolute Gasteiger partial charge is 0.250 e. The van der Waals surface area contributed by atoms with Crippen molar-refractivity contribution in [2.75, 3.05) is 33.4 Å². The van der Waals surface area contributed by atoms with Crippen molar-refractivity contribution < 1.29 is 39.5 Å². The van der Waals surface area contributed by atoms with Crippen LogP contribution in [0.5, 0.6) is 11.5 Å². The third kappa shape index (κ3) is 4.45. The summed E-state index contributed by atoms with van der Waals surface area (Å²) < 4.78 is 11.2. The van der Waals surface area contributed by atoms with E-state index in [-0.39, 0.29) is 40.4 Å². The Kier molecular flexibility index (Phi) is 7.03. The van der Waals surface area contributed by atoms with Crippen molar-refractivity contribution >= 4 is 17.4 Å². The molecule has 0 spiro atoms. The zero-order valence-electron chi connectivity index (χ0n) is 23.7. The highest BCUT2D eigenvalue weighted by molar-refractivity contribution is 6.08. The molecule has 4 unspecified atom stereocenters. The van der Waals surface area contributed by atoms with E-state index < -0.39 is 35.0 Å². The second-order valence-electron chi connectivity index (χ2n) is 11.9. The second-order valence-corrected chi connectivity index (χ2v) is 11.9. The number of phenols is 1. The van der Waals surface area contributed by atoms with E-state index in [2.05, 4.69) is 11.0 Å². The van der Waals surface area contributed by atoms with Gasteiger partial charge in [-0.3, -0.25) is 14.5 Å². The summed E-state index contributed by atoms with van der Waals surface area (Å²) in [4.78, 5) is 28.4. The molecule has 4 aliphatic rings. The number of nitrogens with zero attached hydrogens (tertiary/aromatic N) is 1. The maximum absolute atomic E-state index is 14.0. The summed E-state index contributed by atoms with van der Waals surface area (Å²) in [6.45, 7) is 5.11. The number of primary amides is 1. The van der Waals surface area contributed by atoms with Crippen LogP contribution in [0.2, 0.25) is 0 Å².